The smallest absolute Gasteiger partial charge is 0.251 e. The number of rotatable bonds is 5. The maximum atomic E-state index is 12.7. The zero-order chi connectivity index (χ0) is 17.3. The van der Waals surface area contributed by atoms with E-state index in [9.17, 15) is 4.79 Å². The van der Waals surface area contributed by atoms with Crippen LogP contribution < -0.4 is 5.32 Å². The lowest BCUT2D eigenvalue weighted by molar-refractivity contribution is 0.0929. The average molecular weight is 326 g/mol. The fraction of sp³-hybridized carbons (Fsp3) is 0.389. The summed E-state index contributed by atoms with van der Waals surface area (Å²) in [6.45, 7) is 6.14. The van der Waals surface area contributed by atoms with Gasteiger partial charge in [0.05, 0.1) is 6.04 Å². The molecule has 0 aliphatic carbocycles. The van der Waals surface area contributed by atoms with E-state index in [1.54, 1.807) is 10.7 Å². The summed E-state index contributed by atoms with van der Waals surface area (Å²) < 4.78 is 7.26. The van der Waals surface area contributed by atoms with Crippen LogP contribution >= 0.6 is 0 Å². The van der Waals surface area contributed by atoms with E-state index in [1.165, 1.54) is 6.33 Å². The van der Waals surface area contributed by atoms with E-state index >= 15 is 0 Å². The molecule has 1 atom stereocenters. The summed E-state index contributed by atoms with van der Waals surface area (Å²) in [7, 11) is 1.84. The quantitative estimate of drug-likeness (QED) is 0.780. The van der Waals surface area contributed by atoms with Crippen LogP contribution in [0.4, 0.5) is 0 Å². The molecule has 2 heterocycles. The molecular weight excluding hydrogens is 304 g/mol. The molecule has 0 fully saturated rings. The highest BCUT2D eigenvalue weighted by atomic mass is 16.3. The lowest BCUT2D eigenvalue weighted by Gasteiger charge is -2.19. The maximum absolute atomic E-state index is 12.7. The summed E-state index contributed by atoms with van der Waals surface area (Å²) in [5, 5.41) is 8.13. The Kier molecular flexibility index (Phi) is 4.38. The van der Waals surface area contributed by atoms with Crippen LogP contribution in [0.5, 0.6) is 0 Å². The molecule has 0 unspecified atom stereocenters. The second kappa shape index (κ2) is 6.47. The SMILES string of the molecule is Cc1cc2cc(C(=O)N[C@H](CC(C)C)c3ncnn3C)ccc2o1. The van der Waals surface area contributed by atoms with Gasteiger partial charge in [-0.05, 0) is 43.5 Å². The molecule has 24 heavy (non-hydrogen) atoms. The summed E-state index contributed by atoms with van der Waals surface area (Å²) in [4.78, 5) is 17.0. The van der Waals surface area contributed by atoms with Crippen LogP contribution in [0.1, 0.15) is 48.3 Å². The first-order chi connectivity index (χ1) is 11.4. The topological polar surface area (TPSA) is 73.0 Å². The van der Waals surface area contributed by atoms with Crippen molar-refractivity contribution in [2.75, 3.05) is 0 Å². The molecule has 0 saturated carbocycles. The molecular formula is C18H22N4O2. The van der Waals surface area contributed by atoms with Crippen LogP contribution in [0.15, 0.2) is 35.0 Å². The van der Waals surface area contributed by atoms with Crippen LogP contribution in [0, 0.1) is 12.8 Å². The molecule has 0 spiro atoms. The van der Waals surface area contributed by atoms with Gasteiger partial charge in [0.15, 0.2) is 0 Å². The molecule has 0 radical (unpaired) electrons. The van der Waals surface area contributed by atoms with Crippen molar-refractivity contribution in [2.24, 2.45) is 13.0 Å². The van der Waals surface area contributed by atoms with E-state index in [0.717, 1.165) is 29.0 Å². The number of amides is 1. The third-order valence-electron chi connectivity index (χ3n) is 3.97. The average Bonchev–Trinajstić information content (AvgIpc) is 3.09. The molecule has 6 heteroatoms. The zero-order valence-electron chi connectivity index (χ0n) is 14.4. The highest BCUT2D eigenvalue weighted by Gasteiger charge is 2.21. The number of aromatic nitrogens is 3. The predicted molar refractivity (Wildman–Crippen MR) is 91.6 cm³/mol. The number of hydrogen-bond donors (Lipinski definition) is 1. The van der Waals surface area contributed by atoms with Crippen molar-refractivity contribution in [2.45, 2.75) is 33.2 Å². The fourth-order valence-corrected chi connectivity index (χ4v) is 2.88. The van der Waals surface area contributed by atoms with Crippen LogP contribution in [0.25, 0.3) is 11.0 Å². The number of fused-ring (bicyclic) bond motifs is 1. The van der Waals surface area contributed by atoms with Gasteiger partial charge in [0.25, 0.3) is 5.91 Å². The van der Waals surface area contributed by atoms with Gasteiger partial charge >= 0.3 is 0 Å². The minimum Gasteiger partial charge on any atom is -0.461 e. The minimum absolute atomic E-state index is 0.121. The van der Waals surface area contributed by atoms with E-state index in [4.69, 9.17) is 4.42 Å². The van der Waals surface area contributed by atoms with Crippen molar-refractivity contribution < 1.29 is 9.21 Å². The van der Waals surface area contributed by atoms with E-state index in [2.05, 4.69) is 29.2 Å². The summed E-state index contributed by atoms with van der Waals surface area (Å²) in [6, 6.07) is 7.22. The number of carbonyl (C=O) groups is 1. The Bertz CT molecular complexity index is 863. The molecule has 0 aliphatic heterocycles. The Morgan fingerprint density at radius 3 is 2.79 bits per heavy atom. The van der Waals surface area contributed by atoms with Gasteiger partial charge in [-0.2, -0.15) is 5.10 Å². The molecule has 2 aromatic heterocycles. The summed E-state index contributed by atoms with van der Waals surface area (Å²) in [5.74, 6) is 1.90. The number of nitrogens with zero attached hydrogens (tertiary/aromatic N) is 3. The van der Waals surface area contributed by atoms with Gasteiger partial charge in [-0.15, -0.1) is 0 Å². The summed E-state index contributed by atoms with van der Waals surface area (Å²) >= 11 is 0. The largest absolute Gasteiger partial charge is 0.461 e. The third kappa shape index (κ3) is 3.32. The number of benzene rings is 1. The third-order valence-corrected chi connectivity index (χ3v) is 3.97. The molecule has 0 aliphatic rings. The normalized spacial score (nSPS) is 12.7. The second-order valence-corrected chi connectivity index (χ2v) is 6.51. The number of furan rings is 1. The van der Waals surface area contributed by atoms with E-state index in [0.29, 0.717) is 11.5 Å². The van der Waals surface area contributed by atoms with Gasteiger partial charge in [-0.25, -0.2) is 4.98 Å². The Morgan fingerprint density at radius 1 is 1.33 bits per heavy atom. The van der Waals surface area contributed by atoms with Gasteiger partial charge < -0.3 is 9.73 Å². The van der Waals surface area contributed by atoms with Crippen molar-refractivity contribution in [3.05, 3.63) is 47.7 Å². The van der Waals surface area contributed by atoms with Crippen LogP contribution in [0.3, 0.4) is 0 Å². The van der Waals surface area contributed by atoms with E-state index in [1.807, 2.05) is 32.2 Å². The molecule has 0 saturated heterocycles. The van der Waals surface area contributed by atoms with Gasteiger partial charge in [-0.1, -0.05) is 13.8 Å². The summed E-state index contributed by atoms with van der Waals surface area (Å²) in [5.41, 5.74) is 1.40. The van der Waals surface area contributed by atoms with Crippen LogP contribution in [0.2, 0.25) is 0 Å². The number of nitrogens with one attached hydrogen (secondary N) is 1. The summed E-state index contributed by atoms with van der Waals surface area (Å²) in [6.07, 6.45) is 2.31. The zero-order valence-corrected chi connectivity index (χ0v) is 14.4. The first-order valence-corrected chi connectivity index (χ1v) is 8.09. The first-order valence-electron chi connectivity index (χ1n) is 8.09. The standard InChI is InChI=1S/C18H22N4O2/c1-11(2)7-15(17-19-10-20-22(17)4)21-18(23)13-5-6-16-14(9-13)8-12(3)24-16/h5-6,8-11,15H,7H2,1-4H3,(H,21,23)/t15-/m1/s1. The van der Waals surface area contributed by atoms with Gasteiger partial charge in [-0.3, -0.25) is 9.48 Å². The molecule has 6 nitrogen and oxygen atoms in total. The Balaban J connectivity index is 1.85. The molecule has 3 aromatic rings. The monoisotopic (exact) mass is 326 g/mol. The minimum atomic E-state index is -0.174. The number of aryl methyl sites for hydroxylation is 2. The molecule has 1 amide bonds. The maximum Gasteiger partial charge on any atom is 0.251 e. The molecule has 3 rings (SSSR count). The van der Waals surface area contributed by atoms with E-state index < -0.39 is 0 Å². The van der Waals surface area contributed by atoms with Gasteiger partial charge in [0, 0.05) is 18.0 Å². The molecule has 1 N–H and O–H groups in total. The van der Waals surface area contributed by atoms with Gasteiger partial charge in [0.1, 0.15) is 23.5 Å². The highest BCUT2D eigenvalue weighted by molar-refractivity contribution is 5.98. The molecule has 0 bridgehead atoms. The highest BCUT2D eigenvalue weighted by Crippen LogP contribution is 2.22. The number of hydrogen-bond acceptors (Lipinski definition) is 4. The Hall–Kier alpha value is -2.63. The second-order valence-electron chi connectivity index (χ2n) is 6.51. The van der Waals surface area contributed by atoms with Gasteiger partial charge in [0.2, 0.25) is 0 Å². The van der Waals surface area contributed by atoms with Crippen LogP contribution in [-0.2, 0) is 7.05 Å². The Labute approximate surface area is 140 Å². The molecule has 1 aromatic carbocycles. The fourth-order valence-electron chi connectivity index (χ4n) is 2.88. The first kappa shape index (κ1) is 16.2. The van der Waals surface area contributed by atoms with Crippen molar-refractivity contribution in [3.63, 3.8) is 0 Å². The predicted octanol–water partition coefficient (Wildman–Crippen LogP) is 3.39. The lowest BCUT2D eigenvalue weighted by Crippen LogP contribution is -2.31. The molecule has 126 valence electrons. The van der Waals surface area contributed by atoms with Crippen LogP contribution in [-0.4, -0.2) is 20.7 Å². The van der Waals surface area contributed by atoms with E-state index in [-0.39, 0.29) is 11.9 Å². The van der Waals surface area contributed by atoms with Crippen molar-refractivity contribution in [1.82, 2.24) is 20.1 Å². The Morgan fingerprint density at radius 2 is 2.12 bits per heavy atom. The van der Waals surface area contributed by atoms with Crippen molar-refractivity contribution in [1.29, 1.82) is 0 Å². The van der Waals surface area contributed by atoms with Crippen molar-refractivity contribution >= 4 is 16.9 Å². The number of carbonyl (C=O) groups excluding carboxylic acids is 1. The van der Waals surface area contributed by atoms with Crippen molar-refractivity contribution in [3.8, 4) is 0 Å². The lowest BCUT2D eigenvalue weighted by atomic mass is 10.0.